The molecule has 0 spiro atoms. The highest BCUT2D eigenvalue weighted by molar-refractivity contribution is 5.83. The minimum Gasteiger partial charge on any atom is -0.497 e. The van der Waals surface area contributed by atoms with Crippen LogP contribution in [0.15, 0.2) is 54.7 Å². The van der Waals surface area contributed by atoms with Gasteiger partial charge in [-0.3, -0.25) is 0 Å². The first kappa shape index (κ1) is 11.8. The van der Waals surface area contributed by atoms with Crippen molar-refractivity contribution < 1.29 is 4.74 Å². The van der Waals surface area contributed by atoms with E-state index in [2.05, 4.69) is 54.1 Å². The number of hydrogen-bond donors (Lipinski definition) is 0. The molecule has 2 heteroatoms. The van der Waals surface area contributed by atoms with Crippen LogP contribution in [0.25, 0.3) is 10.9 Å². The number of ether oxygens (including phenoxy) is 1. The number of para-hydroxylation sites is 1. The number of nitrogens with zero attached hydrogens (tertiary/aromatic N) is 1. The summed E-state index contributed by atoms with van der Waals surface area (Å²) in [5, 5.41) is 1.32. The molecule has 0 amide bonds. The van der Waals surface area contributed by atoms with E-state index in [0.29, 0.717) is 0 Å². The van der Waals surface area contributed by atoms with Gasteiger partial charge in [0.05, 0.1) is 7.11 Å². The van der Waals surface area contributed by atoms with E-state index in [0.717, 1.165) is 12.3 Å². The van der Waals surface area contributed by atoms with Gasteiger partial charge in [0.15, 0.2) is 0 Å². The van der Waals surface area contributed by atoms with Crippen LogP contribution in [-0.4, -0.2) is 11.7 Å². The maximum atomic E-state index is 5.28. The maximum Gasteiger partial charge on any atom is 0.119 e. The number of benzene rings is 2. The standard InChI is InChI=1S/C17H17NO/c1-13-11-18(17-9-4-3-8-16(13)17)12-14-6-5-7-15(10-14)19-2/h3-11H,12H2,1-2H3. The SMILES string of the molecule is COc1cccc(Cn2cc(C)c3ccccc32)c1. The average Bonchev–Trinajstić information content (AvgIpc) is 2.76. The van der Waals surface area contributed by atoms with E-state index in [1.807, 2.05) is 12.1 Å². The van der Waals surface area contributed by atoms with Crippen molar-refractivity contribution in [3.63, 3.8) is 0 Å². The highest BCUT2D eigenvalue weighted by atomic mass is 16.5. The van der Waals surface area contributed by atoms with Gasteiger partial charge in [0, 0.05) is 23.6 Å². The Hall–Kier alpha value is -2.22. The quantitative estimate of drug-likeness (QED) is 0.686. The molecule has 0 fully saturated rings. The smallest absolute Gasteiger partial charge is 0.119 e. The zero-order valence-corrected chi connectivity index (χ0v) is 11.3. The number of fused-ring (bicyclic) bond motifs is 1. The first-order valence-electron chi connectivity index (χ1n) is 6.45. The summed E-state index contributed by atoms with van der Waals surface area (Å²) in [6.07, 6.45) is 2.21. The minimum absolute atomic E-state index is 0.867. The molecule has 0 saturated heterocycles. The van der Waals surface area contributed by atoms with E-state index in [1.54, 1.807) is 7.11 Å². The summed E-state index contributed by atoms with van der Waals surface area (Å²) in [4.78, 5) is 0. The largest absolute Gasteiger partial charge is 0.497 e. The molecule has 2 aromatic carbocycles. The molecule has 0 aliphatic rings. The lowest BCUT2D eigenvalue weighted by atomic mass is 10.2. The summed E-state index contributed by atoms with van der Waals surface area (Å²) in [6, 6.07) is 16.7. The van der Waals surface area contributed by atoms with Gasteiger partial charge < -0.3 is 9.30 Å². The van der Waals surface area contributed by atoms with Crippen LogP contribution in [0.2, 0.25) is 0 Å². The molecule has 3 aromatic rings. The Morgan fingerprint density at radius 1 is 1.05 bits per heavy atom. The molecule has 0 aliphatic heterocycles. The second-order valence-corrected chi connectivity index (χ2v) is 4.81. The molecule has 0 atom stereocenters. The zero-order chi connectivity index (χ0) is 13.2. The van der Waals surface area contributed by atoms with Crippen LogP contribution in [0.4, 0.5) is 0 Å². The molecule has 0 aliphatic carbocycles. The van der Waals surface area contributed by atoms with E-state index < -0.39 is 0 Å². The normalized spacial score (nSPS) is 10.8. The van der Waals surface area contributed by atoms with Crippen molar-refractivity contribution in [2.24, 2.45) is 0 Å². The molecular weight excluding hydrogens is 234 g/mol. The monoisotopic (exact) mass is 251 g/mol. The van der Waals surface area contributed by atoms with Crippen molar-refractivity contribution >= 4 is 10.9 Å². The minimum atomic E-state index is 0.867. The van der Waals surface area contributed by atoms with Gasteiger partial charge in [0.1, 0.15) is 5.75 Å². The van der Waals surface area contributed by atoms with Crippen molar-refractivity contribution in [3.8, 4) is 5.75 Å². The molecule has 0 saturated carbocycles. The predicted molar refractivity (Wildman–Crippen MR) is 78.8 cm³/mol. The zero-order valence-electron chi connectivity index (χ0n) is 11.3. The third-order valence-corrected chi connectivity index (χ3v) is 3.47. The van der Waals surface area contributed by atoms with E-state index >= 15 is 0 Å². The van der Waals surface area contributed by atoms with E-state index in [4.69, 9.17) is 4.74 Å². The van der Waals surface area contributed by atoms with E-state index in [-0.39, 0.29) is 0 Å². The average molecular weight is 251 g/mol. The molecule has 0 N–H and O–H groups in total. The summed E-state index contributed by atoms with van der Waals surface area (Å²) in [5.74, 6) is 0.908. The lowest BCUT2D eigenvalue weighted by molar-refractivity contribution is 0.414. The summed E-state index contributed by atoms with van der Waals surface area (Å²) < 4.78 is 7.57. The Morgan fingerprint density at radius 3 is 2.74 bits per heavy atom. The van der Waals surface area contributed by atoms with Crippen molar-refractivity contribution in [1.29, 1.82) is 0 Å². The van der Waals surface area contributed by atoms with Crippen LogP contribution >= 0.6 is 0 Å². The molecule has 96 valence electrons. The molecule has 2 nitrogen and oxygen atoms in total. The van der Waals surface area contributed by atoms with Gasteiger partial charge in [-0.2, -0.15) is 0 Å². The Morgan fingerprint density at radius 2 is 1.89 bits per heavy atom. The van der Waals surface area contributed by atoms with Crippen LogP contribution in [0.1, 0.15) is 11.1 Å². The molecule has 1 aromatic heterocycles. The molecule has 0 radical (unpaired) electrons. The summed E-state index contributed by atoms with van der Waals surface area (Å²) in [7, 11) is 1.70. The molecule has 1 heterocycles. The lowest BCUT2D eigenvalue weighted by Gasteiger charge is -2.07. The van der Waals surface area contributed by atoms with Crippen molar-refractivity contribution in [3.05, 3.63) is 65.9 Å². The third-order valence-electron chi connectivity index (χ3n) is 3.47. The fourth-order valence-electron chi connectivity index (χ4n) is 2.53. The van der Waals surface area contributed by atoms with Crippen LogP contribution in [0, 0.1) is 6.92 Å². The highest BCUT2D eigenvalue weighted by Gasteiger charge is 2.05. The summed E-state index contributed by atoms with van der Waals surface area (Å²) in [6.45, 7) is 3.02. The van der Waals surface area contributed by atoms with Crippen molar-refractivity contribution in [2.45, 2.75) is 13.5 Å². The van der Waals surface area contributed by atoms with Gasteiger partial charge in [-0.15, -0.1) is 0 Å². The fraction of sp³-hybridized carbons (Fsp3) is 0.176. The Labute approximate surface area is 113 Å². The third kappa shape index (κ3) is 2.22. The van der Waals surface area contributed by atoms with Gasteiger partial charge in [0.25, 0.3) is 0 Å². The van der Waals surface area contributed by atoms with Crippen molar-refractivity contribution in [1.82, 2.24) is 4.57 Å². The number of aromatic nitrogens is 1. The number of methoxy groups -OCH3 is 1. The van der Waals surface area contributed by atoms with E-state index in [9.17, 15) is 0 Å². The predicted octanol–water partition coefficient (Wildman–Crippen LogP) is 4.01. The van der Waals surface area contributed by atoms with Gasteiger partial charge in [0.2, 0.25) is 0 Å². The van der Waals surface area contributed by atoms with Crippen LogP contribution in [-0.2, 0) is 6.54 Å². The molecular formula is C17H17NO. The molecule has 0 bridgehead atoms. The van der Waals surface area contributed by atoms with Crippen molar-refractivity contribution in [2.75, 3.05) is 7.11 Å². The molecule has 3 rings (SSSR count). The van der Waals surface area contributed by atoms with Gasteiger partial charge in [-0.05, 0) is 36.2 Å². The van der Waals surface area contributed by atoms with Crippen LogP contribution in [0.3, 0.4) is 0 Å². The molecule has 0 unspecified atom stereocenters. The number of aryl methyl sites for hydroxylation is 1. The van der Waals surface area contributed by atoms with Crippen LogP contribution < -0.4 is 4.74 Å². The second-order valence-electron chi connectivity index (χ2n) is 4.81. The Bertz CT molecular complexity index is 712. The summed E-state index contributed by atoms with van der Waals surface area (Å²) in [5.41, 5.74) is 3.85. The van der Waals surface area contributed by atoms with Gasteiger partial charge in [-0.25, -0.2) is 0 Å². The Kier molecular flexibility index (Phi) is 3.00. The second kappa shape index (κ2) is 4.81. The Balaban J connectivity index is 2.01. The van der Waals surface area contributed by atoms with Gasteiger partial charge >= 0.3 is 0 Å². The van der Waals surface area contributed by atoms with Gasteiger partial charge in [-0.1, -0.05) is 30.3 Å². The summed E-state index contributed by atoms with van der Waals surface area (Å²) >= 11 is 0. The number of hydrogen-bond acceptors (Lipinski definition) is 1. The lowest BCUT2D eigenvalue weighted by Crippen LogP contribution is -1.98. The highest BCUT2D eigenvalue weighted by Crippen LogP contribution is 2.22. The van der Waals surface area contributed by atoms with Crippen LogP contribution in [0.5, 0.6) is 5.75 Å². The van der Waals surface area contributed by atoms with E-state index in [1.165, 1.54) is 22.0 Å². The maximum absolute atomic E-state index is 5.28. The number of rotatable bonds is 3. The topological polar surface area (TPSA) is 14.2 Å². The first-order valence-corrected chi connectivity index (χ1v) is 6.45. The fourth-order valence-corrected chi connectivity index (χ4v) is 2.53. The first-order chi connectivity index (χ1) is 9.28. The molecule has 19 heavy (non-hydrogen) atoms.